The molecule has 0 bridgehead atoms. The van der Waals surface area contributed by atoms with Crippen LogP contribution in [0.15, 0.2) is 249 Å². The van der Waals surface area contributed by atoms with Crippen LogP contribution >= 0.6 is 90.7 Å². The number of hydrogen-bond donors (Lipinski definition) is 0. The maximum absolute atomic E-state index is 6.16. The topological polar surface area (TPSA) is 26.3 Å². The first-order valence-corrected chi connectivity index (χ1v) is 36.6. The van der Waals surface area contributed by atoms with Crippen LogP contribution in [0.1, 0.15) is 0 Å². The molecule has 0 saturated carbocycles. The Kier molecular flexibility index (Phi) is 10.9. The van der Waals surface area contributed by atoms with Crippen LogP contribution in [-0.4, -0.2) is 0 Å². The minimum absolute atomic E-state index is 0.927. The third-order valence-electron chi connectivity index (χ3n) is 18.5. The fraction of sp³-hybridized carbons (Fsp3) is 0. The van der Waals surface area contributed by atoms with Crippen molar-refractivity contribution in [3.05, 3.63) is 240 Å². The molecular formula is C80H40O2S8. The van der Waals surface area contributed by atoms with Gasteiger partial charge in [0.15, 0.2) is 0 Å². The van der Waals surface area contributed by atoms with Gasteiger partial charge in [-0.2, -0.15) is 0 Å². The van der Waals surface area contributed by atoms with Gasteiger partial charge in [0.1, 0.15) is 22.3 Å². The SMILES string of the molecule is c1ccc2c(c1)oc1ccc(-c3cc4c5cc(-c6ccc7oc8ccccc8c7c6)c6ccsc6c5sc4c4sccc34)cc12.c1ccc2c(c1)sc1c(-c3cc4c5cc(-c6cccc7c6sc6ccccc67)c6ccsc6c5sc4c4sccc34)cccc12. The van der Waals surface area contributed by atoms with Gasteiger partial charge in [-0.25, -0.2) is 0 Å². The first kappa shape index (κ1) is 50.8. The predicted molar refractivity (Wildman–Crippen MR) is 402 cm³/mol. The molecule has 0 aliphatic carbocycles. The van der Waals surface area contributed by atoms with Crippen molar-refractivity contribution in [2.75, 3.05) is 0 Å². The molecule has 10 heteroatoms. The predicted octanol–water partition coefficient (Wildman–Crippen LogP) is 28.2. The average Bonchev–Trinajstić information content (AvgIpc) is 1.60. The fourth-order valence-electron chi connectivity index (χ4n) is 14.5. The highest BCUT2D eigenvalue weighted by Gasteiger charge is 2.24. The van der Waals surface area contributed by atoms with E-state index in [1.807, 2.05) is 115 Å². The van der Waals surface area contributed by atoms with Gasteiger partial charge < -0.3 is 8.83 Å². The highest BCUT2D eigenvalue weighted by molar-refractivity contribution is 7.35. The van der Waals surface area contributed by atoms with Gasteiger partial charge in [0, 0.05) is 116 Å². The molecule has 10 heterocycles. The molecule has 0 fully saturated rings. The van der Waals surface area contributed by atoms with Crippen LogP contribution in [0.2, 0.25) is 0 Å². The van der Waals surface area contributed by atoms with E-state index in [1.165, 1.54) is 166 Å². The van der Waals surface area contributed by atoms with E-state index in [1.54, 1.807) is 0 Å². The summed E-state index contributed by atoms with van der Waals surface area (Å²) < 4.78 is 28.9. The lowest BCUT2D eigenvalue weighted by atomic mass is 9.95. The third kappa shape index (κ3) is 7.27. The van der Waals surface area contributed by atoms with Gasteiger partial charge in [0.05, 0.1) is 37.6 Å². The zero-order chi connectivity index (χ0) is 58.4. The van der Waals surface area contributed by atoms with Crippen molar-refractivity contribution in [2.45, 2.75) is 0 Å². The van der Waals surface area contributed by atoms with Crippen LogP contribution in [0.25, 0.3) is 209 Å². The van der Waals surface area contributed by atoms with E-state index in [0.29, 0.717) is 0 Å². The standard InChI is InChI=1S/C40H20O2S3.C40H20S5/c1-3-7-33-23(5-1)29-17-21(9-11-35(29)41-33)27-19-31-32-20-28(22-10-12-36-30(18-22)24-6-2-4-8-34(24)42-36)26-14-16-44-38(26)40(32)45-39(31)37-25(27)13-15-43-37;1-3-13-33-21(7-1)23-9-5-11-25(35(23)43-33)29-19-31-32-20-30(26-12-6-10-24-22-8-2-4-14-34(22)44-36(24)26)28-16-18-42-38(28)40(32)45-39(31)37-27(29)15-17-41-37/h2*1-20H. The molecule has 0 atom stereocenters. The van der Waals surface area contributed by atoms with Gasteiger partial charge in [-0.1, -0.05) is 121 Å². The van der Waals surface area contributed by atoms with Crippen molar-refractivity contribution in [3.8, 4) is 44.5 Å². The minimum Gasteiger partial charge on any atom is -0.456 e. The van der Waals surface area contributed by atoms with E-state index >= 15 is 0 Å². The summed E-state index contributed by atoms with van der Waals surface area (Å²) in [4.78, 5) is 0. The molecule has 22 rings (SSSR count). The van der Waals surface area contributed by atoms with Crippen LogP contribution in [0.4, 0.5) is 0 Å². The number of hydrogen-bond acceptors (Lipinski definition) is 10. The van der Waals surface area contributed by atoms with Crippen molar-refractivity contribution in [1.82, 2.24) is 0 Å². The molecule has 12 aromatic carbocycles. The molecule has 10 aromatic heterocycles. The molecule has 90 heavy (non-hydrogen) atoms. The Morgan fingerprint density at radius 2 is 0.533 bits per heavy atom. The molecule has 0 amide bonds. The number of thiophene rings is 8. The third-order valence-corrected chi connectivity index (χ3v) is 27.7. The molecular weight excluding hydrogens is 1250 g/mol. The quantitative estimate of drug-likeness (QED) is 0.176. The van der Waals surface area contributed by atoms with Crippen molar-refractivity contribution >= 4 is 256 Å². The Balaban J connectivity index is 0.000000122. The highest BCUT2D eigenvalue weighted by atomic mass is 32.1. The van der Waals surface area contributed by atoms with Crippen LogP contribution < -0.4 is 0 Å². The number of benzene rings is 12. The lowest BCUT2D eigenvalue weighted by Crippen LogP contribution is -1.82. The van der Waals surface area contributed by atoms with Gasteiger partial charge in [-0.3, -0.25) is 0 Å². The number of fused-ring (bicyclic) bond motifs is 26. The van der Waals surface area contributed by atoms with Crippen molar-refractivity contribution in [3.63, 3.8) is 0 Å². The zero-order valence-electron chi connectivity index (χ0n) is 47.2. The normalized spacial score (nSPS) is 12.4. The van der Waals surface area contributed by atoms with Gasteiger partial charge in [0.25, 0.3) is 0 Å². The summed E-state index contributed by atoms with van der Waals surface area (Å²) in [5.41, 5.74) is 14.0. The Hall–Kier alpha value is -9.04. The van der Waals surface area contributed by atoms with E-state index < -0.39 is 0 Å². The molecule has 22 aromatic rings. The summed E-state index contributed by atoms with van der Waals surface area (Å²) in [6, 6.07) is 80.4. The molecule has 0 aliphatic rings. The summed E-state index contributed by atoms with van der Waals surface area (Å²) in [5.74, 6) is 0. The molecule has 0 unspecified atom stereocenters. The molecule has 0 N–H and O–H groups in total. The Morgan fingerprint density at radius 3 is 0.956 bits per heavy atom. The molecule has 0 saturated heterocycles. The molecule has 420 valence electrons. The summed E-state index contributed by atoms with van der Waals surface area (Å²) in [6.07, 6.45) is 0. The Labute approximate surface area is 543 Å². The Morgan fingerprint density at radius 1 is 0.189 bits per heavy atom. The fourth-order valence-corrected chi connectivity index (χ4v) is 23.8. The second-order valence-corrected chi connectivity index (χ2v) is 31.1. The largest absolute Gasteiger partial charge is 0.456 e. The first-order valence-electron chi connectivity index (χ1n) is 29.8. The smallest absolute Gasteiger partial charge is 0.135 e. The van der Waals surface area contributed by atoms with E-state index in [9.17, 15) is 0 Å². The van der Waals surface area contributed by atoms with Crippen molar-refractivity contribution in [2.24, 2.45) is 0 Å². The maximum Gasteiger partial charge on any atom is 0.135 e. The minimum atomic E-state index is 0.927. The van der Waals surface area contributed by atoms with Gasteiger partial charge >= 0.3 is 0 Å². The molecule has 0 aliphatic heterocycles. The monoisotopic (exact) mass is 1290 g/mol. The van der Waals surface area contributed by atoms with Crippen LogP contribution in [0, 0.1) is 0 Å². The van der Waals surface area contributed by atoms with Crippen LogP contribution in [0.5, 0.6) is 0 Å². The lowest BCUT2D eigenvalue weighted by molar-refractivity contribution is 0.668. The molecule has 2 nitrogen and oxygen atoms in total. The number of para-hydroxylation sites is 2. The zero-order valence-corrected chi connectivity index (χ0v) is 53.7. The van der Waals surface area contributed by atoms with E-state index in [2.05, 4.69) is 216 Å². The van der Waals surface area contributed by atoms with Crippen LogP contribution in [-0.2, 0) is 0 Å². The van der Waals surface area contributed by atoms with E-state index in [4.69, 9.17) is 8.83 Å². The second kappa shape index (κ2) is 19.2. The van der Waals surface area contributed by atoms with Gasteiger partial charge in [-0.15, -0.1) is 90.7 Å². The maximum atomic E-state index is 6.16. The highest BCUT2D eigenvalue weighted by Crippen LogP contribution is 2.54. The summed E-state index contributed by atoms with van der Waals surface area (Å²) in [6.45, 7) is 0. The summed E-state index contributed by atoms with van der Waals surface area (Å²) >= 11 is 15.2. The average molecular weight is 1290 g/mol. The van der Waals surface area contributed by atoms with E-state index in [0.717, 1.165) is 43.9 Å². The Bertz CT molecular complexity index is 6410. The molecule has 0 spiro atoms. The van der Waals surface area contributed by atoms with Gasteiger partial charge in [-0.05, 0) is 152 Å². The lowest BCUT2D eigenvalue weighted by Gasteiger charge is -2.09. The summed E-state index contributed by atoms with van der Waals surface area (Å²) in [5, 5.41) is 29.8. The van der Waals surface area contributed by atoms with E-state index in [-0.39, 0.29) is 0 Å². The van der Waals surface area contributed by atoms with Crippen LogP contribution in [0.3, 0.4) is 0 Å². The first-order chi connectivity index (χ1) is 44.6. The summed E-state index contributed by atoms with van der Waals surface area (Å²) in [7, 11) is 0. The number of rotatable bonds is 4. The van der Waals surface area contributed by atoms with Gasteiger partial charge in [0.2, 0.25) is 0 Å². The van der Waals surface area contributed by atoms with Crippen molar-refractivity contribution < 1.29 is 8.83 Å². The van der Waals surface area contributed by atoms with Crippen molar-refractivity contribution in [1.29, 1.82) is 0 Å². The molecule has 0 radical (unpaired) electrons. The second-order valence-electron chi connectivity index (χ2n) is 23.2. The number of furan rings is 2.